The number of nitrogens with zero attached hydrogens (tertiary/aromatic N) is 1. The van der Waals surface area contributed by atoms with E-state index < -0.39 is 0 Å². The molecule has 0 atom stereocenters. The summed E-state index contributed by atoms with van der Waals surface area (Å²) >= 11 is 0. The summed E-state index contributed by atoms with van der Waals surface area (Å²) < 4.78 is 7.79. The van der Waals surface area contributed by atoms with Gasteiger partial charge in [-0.2, -0.15) is 0 Å². The average Bonchev–Trinajstić information content (AvgIpc) is 2.55. The van der Waals surface area contributed by atoms with Crippen molar-refractivity contribution in [3.8, 4) is 5.75 Å². The number of unbranched alkanes of at least 4 members (excludes halogenated alkanes) is 3. The normalized spacial score (nSPS) is 11.0. The first-order valence-electron chi connectivity index (χ1n) is 8.14. The maximum Gasteiger partial charge on any atom is 0.169 e. The lowest BCUT2D eigenvalue weighted by atomic mass is 10.1. The molecule has 0 radical (unpaired) electrons. The van der Waals surface area contributed by atoms with Crippen LogP contribution in [0, 0.1) is 0 Å². The summed E-state index contributed by atoms with van der Waals surface area (Å²) in [5.41, 5.74) is 2.39. The summed E-state index contributed by atoms with van der Waals surface area (Å²) in [5.74, 6) is 0.959. The van der Waals surface area contributed by atoms with E-state index in [0.717, 1.165) is 18.8 Å². The van der Waals surface area contributed by atoms with Gasteiger partial charge in [0.1, 0.15) is 12.8 Å². The van der Waals surface area contributed by atoms with E-state index in [-0.39, 0.29) is 0 Å². The Morgan fingerprint density at radius 2 is 1.50 bits per heavy atom. The van der Waals surface area contributed by atoms with Gasteiger partial charge in [-0.1, -0.05) is 50.5 Å². The van der Waals surface area contributed by atoms with Gasteiger partial charge in [0.15, 0.2) is 12.4 Å². The van der Waals surface area contributed by atoms with E-state index in [0.29, 0.717) is 0 Å². The Labute approximate surface area is 134 Å². The summed E-state index contributed by atoms with van der Waals surface area (Å²) in [6, 6.07) is 12.5. The minimum absolute atomic E-state index is 0.816. The number of aromatic nitrogens is 1. The third-order valence-electron chi connectivity index (χ3n) is 3.62. The standard InChI is InChI=1S/C20H26NO/c1-3-4-5-6-17-22-20-11-9-18(10-12-20)7-8-19-13-15-21(2)16-14-19/h7-16H,3-6,17H2,1-2H3/q+1/b8-7+. The number of rotatable bonds is 8. The van der Waals surface area contributed by atoms with Crippen LogP contribution in [-0.2, 0) is 7.05 Å². The summed E-state index contributed by atoms with van der Waals surface area (Å²) in [6.45, 7) is 3.04. The smallest absolute Gasteiger partial charge is 0.169 e. The number of benzene rings is 1. The van der Waals surface area contributed by atoms with Gasteiger partial charge >= 0.3 is 0 Å². The molecule has 0 bridgehead atoms. The molecule has 2 rings (SSSR count). The van der Waals surface area contributed by atoms with E-state index in [1.165, 1.54) is 30.4 Å². The van der Waals surface area contributed by atoms with Crippen molar-refractivity contribution in [2.24, 2.45) is 7.05 Å². The van der Waals surface area contributed by atoms with Crippen molar-refractivity contribution in [3.05, 3.63) is 59.9 Å². The van der Waals surface area contributed by atoms with Crippen molar-refractivity contribution in [1.82, 2.24) is 0 Å². The summed E-state index contributed by atoms with van der Waals surface area (Å²) in [5, 5.41) is 0. The Morgan fingerprint density at radius 1 is 0.864 bits per heavy atom. The van der Waals surface area contributed by atoms with Gasteiger partial charge < -0.3 is 4.74 Å². The molecule has 0 unspecified atom stereocenters. The molecule has 0 aliphatic carbocycles. The molecule has 0 aliphatic heterocycles. The predicted octanol–water partition coefficient (Wildman–Crippen LogP) is 4.64. The number of hydrogen-bond donors (Lipinski definition) is 0. The van der Waals surface area contributed by atoms with Gasteiger partial charge in [0.05, 0.1) is 6.61 Å². The number of hydrogen-bond acceptors (Lipinski definition) is 1. The maximum absolute atomic E-state index is 5.76. The van der Waals surface area contributed by atoms with Crippen LogP contribution in [0.15, 0.2) is 48.8 Å². The van der Waals surface area contributed by atoms with E-state index >= 15 is 0 Å². The molecule has 2 nitrogen and oxygen atoms in total. The second-order valence-corrected chi connectivity index (χ2v) is 5.61. The summed E-state index contributed by atoms with van der Waals surface area (Å²) in [7, 11) is 2.02. The van der Waals surface area contributed by atoms with E-state index in [1.54, 1.807) is 0 Å². The quantitative estimate of drug-likeness (QED) is 0.511. The first-order valence-corrected chi connectivity index (χ1v) is 8.14. The van der Waals surface area contributed by atoms with Crippen LogP contribution in [0.1, 0.15) is 43.7 Å². The number of ether oxygens (including phenoxy) is 1. The molecular formula is C20H26NO+. The molecule has 116 valence electrons. The first-order chi connectivity index (χ1) is 10.8. The van der Waals surface area contributed by atoms with Gasteiger partial charge in [0.25, 0.3) is 0 Å². The van der Waals surface area contributed by atoms with Crippen LogP contribution in [0.3, 0.4) is 0 Å². The second kappa shape index (κ2) is 9.04. The Balaban J connectivity index is 1.82. The largest absolute Gasteiger partial charge is 0.494 e. The van der Waals surface area contributed by atoms with Gasteiger partial charge in [0.2, 0.25) is 0 Å². The lowest BCUT2D eigenvalue weighted by molar-refractivity contribution is -0.671. The highest BCUT2D eigenvalue weighted by atomic mass is 16.5. The van der Waals surface area contributed by atoms with Gasteiger partial charge in [0, 0.05) is 12.1 Å². The van der Waals surface area contributed by atoms with Crippen LogP contribution in [0.2, 0.25) is 0 Å². The molecule has 2 heteroatoms. The van der Waals surface area contributed by atoms with Crippen molar-refractivity contribution in [1.29, 1.82) is 0 Å². The van der Waals surface area contributed by atoms with Crippen LogP contribution < -0.4 is 9.30 Å². The lowest BCUT2D eigenvalue weighted by Crippen LogP contribution is -2.25. The lowest BCUT2D eigenvalue weighted by Gasteiger charge is -2.06. The SMILES string of the molecule is CCCCCCOc1ccc(/C=C/c2cc[n+](C)cc2)cc1. The molecule has 0 saturated carbocycles. The van der Waals surface area contributed by atoms with Crippen molar-refractivity contribution in [2.45, 2.75) is 32.6 Å². The number of pyridine rings is 1. The van der Waals surface area contributed by atoms with Gasteiger partial charge in [-0.05, 0) is 29.7 Å². The number of aryl methyl sites for hydroxylation is 1. The Bertz CT molecular complexity index is 570. The highest BCUT2D eigenvalue weighted by molar-refractivity contribution is 5.69. The van der Waals surface area contributed by atoms with Gasteiger partial charge in [-0.3, -0.25) is 0 Å². The predicted molar refractivity (Wildman–Crippen MR) is 92.6 cm³/mol. The minimum Gasteiger partial charge on any atom is -0.494 e. The zero-order valence-corrected chi connectivity index (χ0v) is 13.7. The fourth-order valence-corrected chi connectivity index (χ4v) is 2.21. The molecule has 0 fully saturated rings. The summed E-state index contributed by atoms with van der Waals surface area (Å²) in [4.78, 5) is 0. The molecule has 0 aliphatic rings. The van der Waals surface area contributed by atoms with Crippen LogP contribution >= 0.6 is 0 Å². The zero-order chi connectivity index (χ0) is 15.6. The molecular weight excluding hydrogens is 270 g/mol. The molecule has 1 aromatic heterocycles. The van der Waals surface area contributed by atoms with E-state index in [1.807, 2.05) is 23.7 Å². The fraction of sp³-hybridized carbons (Fsp3) is 0.350. The molecule has 0 spiro atoms. The van der Waals surface area contributed by atoms with Crippen molar-refractivity contribution in [3.63, 3.8) is 0 Å². The minimum atomic E-state index is 0.816. The highest BCUT2D eigenvalue weighted by Gasteiger charge is 1.95. The fourth-order valence-electron chi connectivity index (χ4n) is 2.21. The molecule has 1 aromatic carbocycles. The zero-order valence-electron chi connectivity index (χ0n) is 13.7. The van der Waals surface area contributed by atoms with Crippen molar-refractivity contribution < 1.29 is 9.30 Å². The Kier molecular flexibility index (Phi) is 6.69. The Morgan fingerprint density at radius 3 is 2.14 bits per heavy atom. The molecule has 22 heavy (non-hydrogen) atoms. The van der Waals surface area contributed by atoms with E-state index in [9.17, 15) is 0 Å². The molecule has 1 heterocycles. The molecule has 0 amide bonds. The molecule has 2 aromatic rings. The molecule has 0 saturated heterocycles. The molecule has 0 N–H and O–H groups in total. The average molecular weight is 296 g/mol. The van der Waals surface area contributed by atoms with E-state index in [2.05, 4.69) is 55.7 Å². The third kappa shape index (κ3) is 5.72. The van der Waals surface area contributed by atoms with Gasteiger partial charge in [-0.15, -0.1) is 0 Å². The monoisotopic (exact) mass is 296 g/mol. The van der Waals surface area contributed by atoms with E-state index in [4.69, 9.17) is 4.74 Å². The second-order valence-electron chi connectivity index (χ2n) is 5.61. The van der Waals surface area contributed by atoms with Crippen LogP contribution in [0.25, 0.3) is 12.2 Å². The van der Waals surface area contributed by atoms with Crippen LogP contribution in [0.4, 0.5) is 0 Å². The van der Waals surface area contributed by atoms with Crippen molar-refractivity contribution >= 4 is 12.2 Å². The summed E-state index contributed by atoms with van der Waals surface area (Å²) in [6.07, 6.45) is 13.3. The topological polar surface area (TPSA) is 13.1 Å². The first kappa shape index (κ1) is 16.3. The van der Waals surface area contributed by atoms with Crippen LogP contribution in [-0.4, -0.2) is 6.61 Å². The van der Waals surface area contributed by atoms with Crippen molar-refractivity contribution in [2.75, 3.05) is 6.61 Å². The highest BCUT2D eigenvalue weighted by Crippen LogP contribution is 2.15. The van der Waals surface area contributed by atoms with Gasteiger partial charge in [-0.25, -0.2) is 4.57 Å². The third-order valence-corrected chi connectivity index (χ3v) is 3.62. The Hall–Kier alpha value is -2.09. The maximum atomic E-state index is 5.76. The van der Waals surface area contributed by atoms with Crippen LogP contribution in [0.5, 0.6) is 5.75 Å².